The third kappa shape index (κ3) is 3.42. The van der Waals surface area contributed by atoms with Crippen molar-refractivity contribution >= 4 is 0 Å². The van der Waals surface area contributed by atoms with Crippen LogP contribution in [0.25, 0.3) is 0 Å². The van der Waals surface area contributed by atoms with Crippen molar-refractivity contribution in [2.45, 2.75) is 44.2 Å². The number of alkyl halides is 1. The van der Waals surface area contributed by atoms with Gasteiger partial charge in [-0.2, -0.15) is 0 Å². The number of nitrogens with zero attached hydrogens (tertiary/aromatic N) is 1. The molecule has 1 N–H and O–H groups in total. The average Bonchev–Trinajstić information content (AvgIpc) is 2.29. The molecule has 2 saturated heterocycles. The van der Waals surface area contributed by atoms with Crippen LogP contribution >= 0.6 is 0 Å². The lowest BCUT2D eigenvalue weighted by Gasteiger charge is -2.33. The molecule has 2 fully saturated rings. The summed E-state index contributed by atoms with van der Waals surface area (Å²) in [5, 5.41) is 3.22. The first-order valence-electron chi connectivity index (χ1n) is 6.41. The molecule has 0 aliphatic carbocycles. The minimum absolute atomic E-state index is 0.709. The fourth-order valence-electron chi connectivity index (χ4n) is 2.67. The molecule has 0 aromatic heterocycles. The Bertz CT molecular complexity index is 184. The van der Waals surface area contributed by atoms with Crippen LogP contribution in [0.15, 0.2) is 0 Å². The lowest BCUT2D eigenvalue weighted by Crippen LogP contribution is -2.42. The van der Waals surface area contributed by atoms with Crippen molar-refractivity contribution in [2.24, 2.45) is 0 Å². The van der Waals surface area contributed by atoms with Crippen LogP contribution in [0.3, 0.4) is 0 Å². The zero-order chi connectivity index (χ0) is 10.6. The van der Waals surface area contributed by atoms with Gasteiger partial charge in [0.25, 0.3) is 0 Å². The molecule has 0 saturated carbocycles. The summed E-state index contributed by atoms with van der Waals surface area (Å²) in [7, 11) is 0. The van der Waals surface area contributed by atoms with Crippen LogP contribution < -0.4 is 5.32 Å². The Morgan fingerprint density at radius 2 is 1.73 bits per heavy atom. The molecule has 0 unspecified atom stereocenters. The summed E-state index contributed by atoms with van der Waals surface area (Å²) in [6.07, 6.45) is 6.14. The van der Waals surface area contributed by atoms with Gasteiger partial charge >= 0.3 is 0 Å². The smallest absolute Gasteiger partial charge is 0.114 e. The van der Waals surface area contributed by atoms with Crippen LogP contribution in [0.4, 0.5) is 4.39 Å². The maximum atomic E-state index is 14.3. The van der Waals surface area contributed by atoms with Crippen molar-refractivity contribution in [3.8, 4) is 0 Å². The second-order valence-electron chi connectivity index (χ2n) is 5.05. The number of likely N-dealkylation sites (tertiary alicyclic amines) is 1. The first-order chi connectivity index (χ1) is 7.29. The summed E-state index contributed by atoms with van der Waals surface area (Å²) in [5.41, 5.74) is -0.872. The third-order valence-electron chi connectivity index (χ3n) is 3.82. The number of nitrogens with one attached hydrogen (secondary N) is 1. The maximum absolute atomic E-state index is 14.3. The Balaban J connectivity index is 1.70. The molecule has 2 aliphatic heterocycles. The molecule has 2 rings (SSSR count). The molecule has 15 heavy (non-hydrogen) atoms. The number of halogens is 1. The second kappa shape index (κ2) is 5.26. The highest BCUT2D eigenvalue weighted by molar-refractivity contribution is 4.86. The molecule has 2 nitrogen and oxygen atoms in total. The quantitative estimate of drug-likeness (QED) is 0.772. The summed E-state index contributed by atoms with van der Waals surface area (Å²) < 4.78 is 14.3. The SMILES string of the molecule is FC1(CCN2CCCCC2)CCNCC1. The van der Waals surface area contributed by atoms with Crippen LogP contribution in [0, 0.1) is 0 Å². The fraction of sp³-hybridized carbons (Fsp3) is 1.00. The number of hydrogen-bond acceptors (Lipinski definition) is 2. The summed E-state index contributed by atoms with van der Waals surface area (Å²) in [5.74, 6) is 0. The molecule has 0 spiro atoms. The average molecular weight is 214 g/mol. The highest BCUT2D eigenvalue weighted by Gasteiger charge is 2.31. The minimum atomic E-state index is -0.872. The Morgan fingerprint density at radius 1 is 1.07 bits per heavy atom. The van der Waals surface area contributed by atoms with Gasteiger partial charge in [0.15, 0.2) is 0 Å². The zero-order valence-corrected chi connectivity index (χ0v) is 9.60. The van der Waals surface area contributed by atoms with E-state index in [1.54, 1.807) is 0 Å². The Morgan fingerprint density at radius 3 is 2.40 bits per heavy atom. The Kier molecular flexibility index (Phi) is 3.98. The van der Waals surface area contributed by atoms with Gasteiger partial charge < -0.3 is 10.2 Å². The zero-order valence-electron chi connectivity index (χ0n) is 9.60. The van der Waals surface area contributed by atoms with E-state index < -0.39 is 5.67 Å². The Labute approximate surface area is 92.2 Å². The van der Waals surface area contributed by atoms with E-state index in [0.717, 1.165) is 26.1 Å². The van der Waals surface area contributed by atoms with Gasteiger partial charge in [-0.15, -0.1) is 0 Å². The molecule has 88 valence electrons. The molecule has 0 amide bonds. The summed E-state index contributed by atoms with van der Waals surface area (Å²) in [4.78, 5) is 2.44. The molecule has 3 heteroatoms. The van der Waals surface area contributed by atoms with Crippen molar-refractivity contribution in [1.29, 1.82) is 0 Å². The molecule has 0 radical (unpaired) electrons. The highest BCUT2D eigenvalue weighted by Crippen LogP contribution is 2.27. The predicted molar refractivity (Wildman–Crippen MR) is 60.9 cm³/mol. The van der Waals surface area contributed by atoms with E-state index in [9.17, 15) is 4.39 Å². The van der Waals surface area contributed by atoms with Gasteiger partial charge in [0.2, 0.25) is 0 Å². The van der Waals surface area contributed by atoms with Gasteiger partial charge in [-0.1, -0.05) is 6.42 Å². The van der Waals surface area contributed by atoms with Crippen LogP contribution in [0.5, 0.6) is 0 Å². The first-order valence-corrected chi connectivity index (χ1v) is 6.41. The Hall–Kier alpha value is -0.150. The van der Waals surface area contributed by atoms with E-state index >= 15 is 0 Å². The van der Waals surface area contributed by atoms with Gasteiger partial charge in [0.05, 0.1) is 0 Å². The molecule has 0 atom stereocenters. The summed E-state index contributed by atoms with van der Waals surface area (Å²) >= 11 is 0. The minimum Gasteiger partial charge on any atom is -0.316 e. The molecule has 0 aromatic rings. The molecular formula is C12H23FN2. The first kappa shape index (κ1) is 11.3. The van der Waals surface area contributed by atoms with Crippen LogP contribution in [0.2, 0.25) is 0 Å². The lowest BCUT2D eigenvalue weighted by atomic mass is 9.90. The van der Waals surface area contributed by atoms with Crippen molar-refractivity contribution in [2.75, 3.05) is 32.7 Å². The molecular weight excluding hydrogens is 191 g/mol. The van der Waals surface area contributed by atoms with E-state index in [0.29, 0.717) is 12.8 Å². The van der Waals surface area contributed by atoms with Crippen molar-refractivity contribution < 1.29 is 4.39 Å². The van der Waals surface area contributed by atoms with E-state index in [1.807, 2.05) is 0 Å². The number of rotatable bonds is 3. The monoisotopic (exact) mass is 214 g/mol. The van der Waals surface area contributed by atoms with Crippen molar-refractivity contribution in [3.63, 3.8) is 0 Å². The normalized spacial score (nSPS) is 27.8. The fourth-order valence-corrected chi connectivity index (χ4v) is 2.67. The lowest BCUT2D eigenvalue weighted by molar-refractivity contribution is 0.0828. The van der Waals surface area contributed by atoms with E-state index in [2.05, 4.69) is 10.2 Å². The number of hydrogen-bond donors (Lipinski definition) is 1. The van der Waals surface area contributed by atoms with Gasteiger partial charge in [-0.05, 0) is 58.3 Å². The van der Waals surface area contributed by atoms with Crippen LogP contribution in [-0.4, -0.2) is 43.3 Å². The van der Waals surface area contributed by atoms with E-state index in [-0.39, 0.29) is 0 Å². The van der Waals surface area contributed by atoms with E-state index in [4.69, 9.17) is 0 Å². The van der Waals surface area contributed by atoms with Crippen LogP contribution in [-0.2, 0) is 0 Å². The van der Waals surface area contributed by atoms with Crippen molar-refractivity contribution in [1.82, 2.24) is 10.2 Å². The molecule has 0 aromatic carbocycles. The summed E-state index contributed by atoms with van der Waals surface area (Å²) in [6.45, 7) is 5.06. The van der Waals surface area contributed by atoms with Gasteiger partial charge in [-0.25, -0.2) is 4.39 Å². The number of piperidine rings is 2. The summed E-state index contributed by atoms with van der Waals surface area (Å²) in [6, 6.07) is 0. The molecule has 0 bridgehead atoms. The van der Waals surface area contributed by atoms with Gasteiger partial charge in [0.1, 0.15) is 5.67 Å². The van der Waals surface area contributed by atoms with Gasteiger partial charge in [0, 0.05) is 6.54 Å². The van der Waals surface area contributed by atoms with Crippen molar-refractivity contribution in [3.05, 3.63) is 0 Å². The largest absolute Gasteiger partial charge is 0.316 e. The standard InChI is InChI=1S/C12H23FN2/c13-12(4-7-14-8-5-12)6-11-15-9-2-1-3-10-15/h14H,1-11H2. The molecule has 2 aliphatic rings. The van der Waals surface area contributed by atoms with Crippen LogP contribution in [0.1, 0.15) is 38.5 Å². The molecule has 2 heterocycles. The third-order valence-corrected chi connectivity index (χ3v) is 3.82. The highest BCUT2D eigenvalue weighted by atomic mass is 19.1. The van der Waals surface area contributed by atoms with Gasteiger partial charge in [-0.3, -0.25) is 0 Å². The second-order valence-corrected chi connectivity index (χ2v) is 5.05. The predicted octanol–water partition coefficient (Wildman–Crippen LogP) is 1.95. The van der Waals surface area contributed by atoms with E-state index in [1.165, 1.54) is 32.4 Å². The maximum Gasteiger partial charge on any atom is 0.114 e. The topological polar surface area (TPSA) is 15.3 Å².